The van der Waals surface area contributed by atoms with Gasteiger partial charge in [-0.3, -0.25) is 9.59 Å². The highest BCUT2D eigenvalue weighted by molar-refractivity contribution is 5.83. The van der Waals surface area contributed by atoms with E-state index in [1.807, 2.05) is 24.3 Å². The van der Waals surface area contributed by atoms with Gasteiger partial charge >= 0.3 is 0 Å². The fourth-order valence-corrected chi connectivity index (χ4v) is 1.96. The molecule has 5 heteroatoms. The maximum atomic E-state index is 12.2. The zero-order valence-electron chi connectivity index (χ0n) is 13.2. The average Bonchev–Trinajstić information content (AvgIpc) is 2.44. The topological polar surface area (TPSA) is 58.6 Å². The third-order valence-electron chi connectivity index (χ3n) is 2.96. The van der Waals surface area contributed by atoms with Gasteiger partial charge in [-0.2, -0.15) is 0 Å². The standard InChI is InChI=1S/C16H24N2O3/c1-12(2)10-18(16(20)9-17-13(3)19)11-14-5-7-15(21-4)8-6-14/h5-8,12H,9-11H2,1-4H3,(H,17,19). The number of hydrogen-bond acceptors (Lipinski definition) is 3. The van der Waals surface area contributed by atoms with Gasteiger partial charge in [0, 0.05) is 20.0 Å². The summed E-state index contributed by atoms with van der Waals surface area (Å²) >= 11 is 0. The smallest absolute Gasteiger partial charge is 0.242 e. The third kappa shape index (κ3) is 6.29. The van der Waals surface area contributed by atoms with Crippen molar-refractivity contribution in [3.05, 3.63) is 29.8 Å². The summed E-state index contributed by atoms with van der Waals surface area (Å²) in [4.78, 5) is 24.9. The van der Waals surface area contributed by atoms with Crippen LogP contribution in [0.2, 0.25) is 0 Å². The van der Waals surface area contributed by atoms with Crippen LogP contribution in [0.3, 0.4) is 0 Å². The number of benzene rings is 1. The highest BCUT2D eigenvalue weighted by Crippen LogP contribution is 2.14. The summed E-state index contributed by atoms with van der Waals surface area (Å²) in [5.74, 6) is 0.885. The van der Waals surface area contributed by atoms with Crippen molar-refractivity contribution in [2.24, 2.45) is 5.92 Å². The molecule has 116 valence electrons. The van der Waals surface area contributed by atoms with Crippen LogP contribution in [0.4, 0.5) is 0 Å². The molecule has 0 spiro atoms. The lowest BCUT2D eigenvalue weighted by Crippen LogP contribution is -2.40. The van der Waals surface area contributed by atoms with Crippen LogP contribution in [0.15, 0.2) is 24.3 Å². The summed E-state index contributed by atoms with van der Waals surface area (Å²) in [5.41, 5.74) is 1.03. The van der Waals surface area contributed by atoms with Crippen LogP contribution in [0.25, 0.3) is 0 Å². The summed E-state index contributed by atoms with van der Waals surface area (Å²) in [7, 11) is 1.62. The molecule has 2 amide bonds. The van der Waals surface area contributed by atoms with Crippen molar-refractivity contribution in [3.63, 3.8) is 0 Å². The molecule has 5 nitrogen and oxygen atoms in total. The van der Waals surface area contributed by atoms with Gasteiger partial charge in [0.15, 0.2) is 0 Å². The molecule has 1 rings (SSSR count). The molecule has 0 heterocycles. The van der Waals surface area contributed by atoms with Crippen molar-refractivity contribution in [2.75, 3.05) is 20.2 Å². The fraction of sp³-hybridized carbons (Fsp3) is 0.500. The number of carbonyl (C=O) groups is 2. The van der Waals surface area contributed by atoms with E-state index in [9.17, 15) is 9.59 Å². The highest BCUT2D eigenvalue weighted by atomic mass is 16.5. The highest BCUT2D eigenvalue weighted by Gasteiger charge is 2.15. The molecule has 0 fully saturated rings. The molecular formula is C16H24N2O3. The Hall–Kier alpha value is -2.04. The lowest BCUT2D eigenvalue weighted by atomic mass is 10.1. The summed E-state index contributed by atoms with van der Waals surface area (Å²) in [6.07, 6.45) is 0. The molecule has 0 aliphatic rings. The Balaban J connectivity index is 2.71. The number of methoxy groups -OCH3 is 1. The Labute approximate surface area is 126 Å². The monoisotopic (exact) mass is 292 g/mol. The molecular weight excluding hydrogens is 268 g/mol. The van der Waals surface area contributed by atoms with Gasteiger partial charge in [0.1, 0.15) is 5.75 Å². The Bertz CT molecular complexity index is 469. The lowest BCUT2D eigenvalue weighted by Gasteiger charge is -2.25. The molecule has 0 bridgehead atoms. The minimum absolute atomic E-state index is 0.0399. The summed E-state index contributed by atoms with van der Waals surface area (Å²) in [6, 6.07) is 7.64. The van der Waals surface area contributed by atoms with Crippen molar-refractivity contribution >= 4 is 11.8 Å². The van der Waals surface area contributed by atoms with E-state index in [2.05, 4.69) is 19.2 Å². The maximum Gasteiger partial charge on any atom is 0.242 e. The van der Waals surface area contributed by atoms with Crippen molar-refractivity contribution in [2.45, 2.75) is 27.3 Å². The normalized spacial score (nSPS) is 10.3. The van der Waals surface area contributed by atoms with E-state index in [0.29, 0.717) is 19.0 Å². The van der Waals surface area contributed by atoms with Crippen LogP contribution < -0.4 is 10.1 Å². The van der Waals surface area contributed by atoms with Crippen molar-refractivity contribution < 1.29 is 14.3 Å². The van der Waals surface area contributed by atoms with Gasteiger partial charge in [-0.05, 0) is 23.6 Å². The second kappa shape index (κ2) is 8.29. The number of rotatable bonds is 7. The molecule has 0 unspecified atom stereocenters. The van der Waals surface area contributed by atoms with E-state index in [-0.39, 0.29) is 18.4 Å². The molecule has 0 aliphatic carbocycles. The summed E-state index contributed by atoms with van der Waals surface area (Å²) < 4.78 is 5.12. The van der Waals surface area contributed by atoms with E-state index >= 15 is 0 Å². The quantitative estimate of drug-likeness (QED) is 0.834. The van der Waals surface area contributed by atoms with E-state index in [1.54, 1.807) is 12.0 Å². The van der Waals surface area contributed by atoms with Gasteiger partial charge in [0.05, 0.1) is 13.7 Å². The zero-order chi connectivity index (χ0) is 15.8. The van der Waals surface area contributed by atoms with Gasteiger partial charge in [-0.25, -0.2) is 0 Å². The van der Waals surface area contributed by atoms with Crippen molar-refractivity contribution in [1.29, 1.82) is 0 Å². The molecule has 1 N–H and O–H groups in total. The number of nitrogens with one attached hydrogen (secondary N) is 1. The molecule has 1 aromatic carbocycles. The van der Waals surface area contributed by atoms with Crippen molar-refractivity contribution in [3.8, 4) is 5.75 Å². The van der Waals surface area contributed by atoms with Gasteiger partial charge in [0.25, 0.3) is 0 Å². The van der Waals surface area contributed by atoms with E-state index in [4.69, 9.17) is 4.74 Å². The largest absolute Gasteiger partial charge is 0.497 e. The van der Waals surface area contributed by atoms with Crippen LogP contribution in [0.1, 0.15) is 26.3 Å². The predicted molar refractivity (Wildman–Crippen MR) is 81.9 cm³/mol. The summed E-state index contributed by atoms with van der Waals surface area (Å²) in [5, 5.41) is 2.55. The predicted octanol–water partition coefficient (Wildman–Crippen LogP) is 1.82. The molecule has 0 aliphatic heterocycles. The Morgan fingerprint density at radius 1 is 1.24 bits per heavy atom. The first-order valence-corrected chi connectivity index (χ1v) is 7.07. The molecule has 0 aromatic heterocycles. The first-order chi connectivity index (χ1) is 9.92. The van der Waals surface area contributed by atoms with Gasteiger partial charge < -0.3 is 15.0 Å². The Morgan fingerprint density at radius 3 is 2.33 bits per heavy atom. The average molecular weight is 292 g/mol. The van der Waals surface area contributed by atoms with Gasteiger partial charge in [0.2, 0.25) is 11.8 Å². The second-order valence-corrected chi connectivity index (χ2v) is 5.43. The minimum Gasteiger partial charge on any atom is -0.497 e. The lowest BCUT2D eigenvalue weighted by molar-refractivity contribution is -0.133. The fourth-order valence-electron chi connectivity index (χ4n) is 1.96. The number of amides is 2. The molecule has 0 saturated heterocycles. The number of hydrogen-bond donors (Lipinski definition) is 1. The molecule has 0 saturated carbocycles. The first kappa shape index (κ1) is 17.0. The molecule has 1 aromatic rings. The third-order valence-corrected chi connectivity index (χ3v) is 2.96. The van der Waals surface area contributed by atoms with Gasteiger partial charge in [-0.1, -0.05) is 26.0 Å². The number of ether oxygens (including phenoxy) is 1. The van der Waals surface area contributed by atoms with Gasteiger partial charge in [-0.15, -0.1) is 0 Å². The molecule has 0 atom stereocenters. The van der Waals surface area contributed by atoms with Crippen molar-refractivity contribution in [1.82, 2.24) is 10.2 Å². The second-order valence-electron chi connectivity index (χ2n) is 5.43. The molecule has 0 radical (unpaired) electrons. The van der Waals surface area contributed by atoms with Crippen LogP contribution in [0, 0.1) is 5.92 Å². The minimum atomic E-state index is -0.197. The summed E-state index contributed by atoms with van der Waals surface area (Å²) in [6.45, 7) is 6.76. The SMILES string of the molecule is COc1ccc(CN(CC(C)C)C(=O)CNC(C)=O)cc1. The number of nitrogens with zero attached hydrogens (tertiary/aromatic N) is 1. The van der Waals surface area contributed by atoms with E-state index in [1.165, 1.54) is 6.92 Å². The van der Waals surface area contributed by atoms with Crippen LogP contribution in [-0.2, 0) is 16.1 Å². The maximum absolute atomic E-state index is 12.2. The first-order valence-electron chi connectivity index (χ1n) is 7.07. The Morgan fingerprint density at radius 2 is 1.86 bits per heavy atom. The van der Waals surface area contributed by atoms with Crippen LogP contribution >= 0.6 is 0 Å². The molecule has 21 heavy (non-hydrogen) atoms. The van der Waals surface area contributed by atoms with E-state index in [0.717, 1.165) is 11.3 Å². The zero-order valence-corrected chi connectivity index (χ0v) is 13.2. The Kier molecular flexibility index (Phi) is 6.72. The van der Waals surface area contributed by atoms with Crippen LogP contribution in [-0.4, -0.2) is 36.9 Å². The number of carbonyl (C=O) groups excluding carboxylic acids is 2. The van der Waals surface area contributed by atoms with E-state index < -0.39 is 0 Å². The van der Waals surface area contributed by atoms with Crippen LogP contribution in [0.5, 0.6) is 5.75 Å².